The van der Waals surface area contributed by atoms with Gasteiger partial charge in [0.15, 0.2) is 0 Å². The molecule has 198 valence electrons. The van der Waals surface area contributed by atoms with Gasteiger partial charge in [0.2, 0.25) is 16.0 Å². The number of anilines is 2. The summed E-state index contributed by atoms with van der Waals surface area (Å²) in [4.78, 5) is 8.48. The third kappa shape index (κ3) is 5.85. The standard InChI is InChI=1S/C27H33FN4O4S/c1-16(2)11-12-29-22-10-9-19(13-21(22)28)23-17(3)26(36-7)24(18(4)25(23)35-6)20-14-30-27(31-15-20)32(5)37(8,33)34/h9-11,13-15,29H,12H2,1-8H3. The molecule has 0 aliphatic carbocycles. The second-order valence-electron chi connectivity index (χ2n) is 8.93. The Morgan fingerprint density at radius 1 is 1.03 bits per heavy atom. The van der Waals surface area contributed by atoms with Crippen molar-refractivity contribution in [3.8, 4) is 33.8 Å². The Morgan fingerprint density at radius 3 is 2.03 bits per heavy atom. The van der Waals surface area contributed by atoms with Crippen LogP contribution in [0.1, 0.15) is 25.0 Å². The Morgan fingerprint density at radius 2 is 1.57 bits per heavy atom. The highest BCUT2D eigenvalue weighted by Gasteiger charge is 2.25. The SMILES string of the molecule is COc1c(C)c(-c2ccc(NCC=C(C)C)c(F)c2)c(OC)c(C)c1-c1cnc(N(C)S(C)(=O)=O)nc1. The number of benzene rings is 2. The van der Waals surface area contributed by atoms with E-state index in [1.54, 1.807) is 32.7 Å². The Balaban J connectivity index is 2.13. The number of halogens is 1. The molecule has 2 aromatic carbocycles. The summed E-state index contributed by atoms with van der Waals surface area (Å²) >= 11 is 0. The van der Waals surface area contributed by atoms with Crippen molar-refractivity contribution in [2.45, 2.75) is 27.7 Å². The number of ether oxygens (including phenoxy) is 2. The minimum atomic E-state index is -3.50. The van der Waals surface area contributed by atoms with Crippen LogP contribution in [0.4, 0.5) is 16.0 Å². The molecule has 0 spiro atoms. The number of aromatic nitrogens is 2. The number of methoxy groups -OCH3 is 2. The summed E-state index contributed by atoms with van der Waals surface area (Å²) in [5, 5.41) is 3.09. The lowest BCUT2D eigenvalue weighted by Crippen LogP contribution is -2.26. The molecule has 0 amide bonds. The van der Waals surface area contributed by atoms with E-state index in [1.165, 1.54) is 13.1 Å². The molecular weight excluding hydrogens is 495 g/mol. The van der Waals surface area contributed by atoms with Crippen LogP contribution in [0.2, 0.25) is 0 Å². The second kappa shape index (κ2) is 11.2. The molecule has 3 aromatic rings. The zero-order valence-corrected chi connectivity index (χ0v) is 23.2. The minimum absolute atomic E-state index is 0.0527. The normalized spacial score (nSPS) is 11.2. The lowest BCUT2D eigenvalue weighted by Gasteiger charge is -2.23. The first-order valence-electron chi connectivity index (χ1n) is 11.6. The monoisotopic (exact) mass is 528 g/mol. The van der Waals surface area contributed by atoms with Gasteiger partial charge in [-0.25, -0.2) is 27.1 Å². The quantitative estimate of drug-likeness (QED) is 0.374. The summed E-state index contributed by atoms with van der Waals surface area (Å²) in [5.41, 5.74) is 5.75. The molecule has 0 unspecified atom stereocenters. The van der Waals surface area contributed by atoms with Crippen LogP contribution in [0.3, 0.4) is 0 Å². The van der Waals surface area contributed by atoms with Crippen molar-refractivity contribution in [2.75, 3.05) is 43.7 Å². The van der Waals surface area contributed by atoms with Gasteiger partial charge in [-0.1, -0.05) is 17.7 Å². The second-order valence-corrected chi connectivity index (χ2v) is 10.9. The summed E-state index contributed by atoms with van der Waals surface area (Å²) in [6.07, 6.45) is 6.15. The number of hydrogen-bond donors (Lipinski definition) is 1. The first kappa shape index (κ1) is 27.9. The highest BCUT2D eigenvalue weighted by molar-refractivity contribution is 7.92. The van der Waals surface area contributed by atoms with Crippen molar-refractivity contribution in [1.82, 2.24) is 9.97 Å². The van der Waals surface area contributed by atoms with Gasteiger partial charge < -0.3 is 14.8 Å². The number of nitrogens with one attached hydrogen (secondary N) is 1. The van der Waals surface area contributed by atoms with E-state index in [0.29, 0.717) is 46.0 Å². The average molecular weight is 529 g/mol. The van der Waals surface area contributed by atoms with Crippen molar-refractivity contribution in [2.24, 2.45) is 0 Å². The lowest BCUT2D eigenvalue weighted by molar-refractivity contribution is 0.401. The maximum absolute atomic E-state index is 15.0. The number of sulfonamides is 1. The molecule has 0 atom stereocenters. The minimum Gasteiger partial charge on any atom is -0.496 e. The summed E-state index contributed by atoms with van der Waals surface area (Å²) in [6, 6.07) is 5.03. The zero-order valence-electron chi connectivity index (χ0n) is 22.4. The number of nitrogens with zero attached hydrogens (tertiary/aromatic N) is 3. The third-order valence-electron chi connectivity index (χ3n) is 6.06. The van der Waals surface area contributed by atoms with Crippen molar-refractivity contribution in [3.63, 3.8) is 0 Å². The summed E-state index contributed by atoms with van der Waals surface area (Å²) in [5.74, 6) is 0.806. The van der Waals surface area contributed by atoms with Crippen molar-refractivity contribution >= 4 is 21.7 Å². The van der Waals surface area contributed by atoms with Crippen molar-refractivity contribution in [1.29, 1.82) is 0 Å². The van der Waals surface area contributed by atoms with Crippen LogP contribution in [-0.2, 0) is 10.0 Å². The Kier molecular flexibility index (Phi) is 8.42. The number of allylic oxidation sites excluding steroid dienone is 1. The maximum atomic E-state index is 15.0. The maximum Gasteiger partial charge on any atom is 0.238 e. The van der Waals surface area contributed by atoms with Gasteiger partial charge in [-0.05, 0) is 45.4 Å². The Bertz CT molecular complexity index is 1430. The topological polar surface area (TPSA) is 93.6 Å². The molecule has 37 heavy (non-hydrogen) atoms. The summed E-state index contributed by atoms with van der Waals surface area (Å²) in [6.45, 7) is 8.27. The third-order valence-corrected chi connectivity index (χ3v) is 7.22. The fourth-order valence-corrected chi connectivity index (χ4v) is 4.48. The van der Waals surface area contributed by atoms with E-state index < -0.39 is 10.0 Å². The van der Waals surface area contributed by atoms with E-state index in [2.05, 4.69) is 15.3 Å². The highest BCUT2D eigenvalue weighted by atomic mass is 32.2. The fraction of sp³-hybridized carbons (Fsp3) is 0.333. The van der Waals surface area contributed by atoms with Crippen LogP contribution in [0.25, 0.3) is 22.3 Å². The van der Waals surface area contributed by atoms with E-state index in [9.17, 15) is 8.42 Å². The number of hydrogen-bond acceptors (Lipinski definition) is 7. The van der Waals surface area contributed by atoms with Gasteiger partial charge in [0.25, 0.3) is 0 Å². The van der Waals surface area contributed by atoms with Crippen LogP contribution in [0.5, 0.6) is 11.5 Å². The molecule has 0 aliphatic heterocycles. The van der Waals surface area contributed by atoms with Gasteiger partial charge in [-0.3, -0.25) is 0 Å². The van der Waals surface area contributed by atoms with Crippen LogP contribution >= 0.6 is 0 Å². The molecule has 3 rings (SSSR count). The van der Waals surface area contributed by atoms with E-state index in [0.717, 1.165) is 27.3 Å². The van der Waals surface area contributed by atoms with E-state index in [-0.39, 0.29) is 11.8 Å². The van der Waals surface area contributed by atoms with Gasteiger partial charge >= 0.3 is 0 Å². The molecule has 10 heteroatoms. The fourth-order valence-electron chi connectivity index (χ4n) is 4.09. The smallest absolute Gasteiger partial charge is 0.238 e. The molecule has 0 bridgehead atoms. The average Bonchev–Trinajstić information content (AvgIpc) is 2.84. The molecule has 0 radical (unpaired) electrons. The molecule has 1 aromatic heterocycles. The van der Waals surface area contributed by atoms with Crippen LogP contribution < -0.4 is 19.1 Å². The predicted octanol–water partition coefficient (Wildman–Crippen LogP) is 5.36. The summed E-state index contributed by atoms with van der Waals surface area (Å²) < 4.78 is 51.3. The van der Waals surface area contributed by atoms with Gasteiger partial charge in [0, 0.05) is 53.8 Å². The lowest BCUT2D eigenvalue weighted by atomic mass is 9.90. The van der Waals surface area contributed by atoms with Crippen LogP contribution in [0.15, 0.2) is 42.2 Å². The van der Waals surface area contributed by atoms with Gasteiger partial charge in [-0.2, -0.15) is 0 Å². The molecule has 0 saturated carbocycles. The Hall–Kier alpha value is -3.66. The highest BCUT2D eigenvalue weighted by Crippen LogP contribution is 2.48. The van der Waals surface area contributed by atoms with Crippen LogP contribution in [0, 0.1) is 19.7 Å². The van der Waals surface area contributed by atoms with E-state index >= 15 is 4.39 Å². The van der Waals surface area contributed by atoms with Crippen molar-refractivity contribution in [3.05, 3.63) is 59.2 Å². The van der Waals surface area contributed by atoms with E-state index in [4.69, 9.17) is 9.47 Å². The largest absolute Gasteiger partial charge is 0.496 e. The molecule has 1 heterocycles. The first-order chi connectivity index (χ1) is 17.4. The van der Waals surface area contributed by atoms with Crippen molar-refractivity contribution < 1.29 is 22.3 Å². The number of rotatable bonds is 9. The molecule has 0 saturated heterocycles. The molecule has 1 N–H and O–H groups in total. The van der Waals surface area contributed by atoms with Crippen LogP contribution in [-0.4, -0.2) is 52.5 Å². The molecular formula is C27H33FN4O4S. The predicted molar refractivity (Wildman–Crippen MR) is 147 cm³/mol. The molecule has 8 nitrogen and oxygen atoms in total. The summed E-state index contributed by atoms with van der Waals surface area (Å²) in [7, 11) is 1.01. The Labute approximate surface area is 218 Å². The molecule has 0 aliphatic rings. The molecule has 0 fully saturated rings. The van der Waals surface area contributed by atoms with Gasteiger partial charge in [0.1, 0.15) is 17.3 Å². The van der Waals surface area contributed by atoms with E-state index in [1.807, 2.05) is 39.8 Å². The van der Waals surface area contributed by atoms with Gasteiger partial charge in [-0.15, -0.1) is 0 Å². The van der Waals surface area contributed by atoms with Gasteiger partial charge in [0.05, 0.1) is 26.2 Å². The zero-order chi connectivity index (χ0) is 27.5. The first-order valence-corrected chi connectivity index (χ1v) is 13.4.